The highest BCUT2D eigenvalue weighted by Gasteiger charge is 2.28. The van der Waals surface area contributed by atoms with E-state index >= 15 is 0 Å². The number of sulfonamides is 1. The molecule has 1 aromatic carbocycles. The minimum atomic E-state index is -3.46. The Bertz CT molecular complexity index is 800. The molecular formula is C19H25N3O3S. The topological polar surface area (TPSA) is 62.7 Å². The fraction of sp³-hybridized carbons (Fsp3) is 0.421. The zero-order valence-electron chi connectivity index (χ0n) is 15.2. The van der Waals surface area contributed by atoms with Crippen LogP contribution in [0.5, 0.6) is 5.75 Å². The summed E-state index contributed by atoms with van der Waals surface area (Å²) in [6.07, 6.45) is 3.67. The standard InChI is InChI=1S/C19H25N3O3S/c1-16(2)25-18-5-7-19(8-6-18)26(23,24)22-12-10-21(11-13-22)15-17-4-3-9-20-14-17/h3-9,14,16H,10-13,15H2,1-2H3. The third-order valence-electron chi connectivity index (χ3n) is 4.29. The van der Waals surface area contributed by atoms with Crippen LogP contribution in [0.2, 0.25) is 0 Å². The maximum Gasteiger partial charge on any atom is 0.243 e. The molecule has 140 valence electrons. The Morgan fingerprint density at radius 3 is 2.35 bits per heavy atom. The largest absolute Gasteiger partial charge is 0.491 e. The number of pyridine rings is 1. The smallest absolute Gasteiger partial charge is 0.243 e. The highest BCUT2D eigenvalue weighted by atomic mass is 32.2. The van der Waals surface area contributed by atoms with Crippen LogP contribution >= 0.6 is 0 Å². The van der Waals surface area contributed by atoms with Gasteiger partial charge in [0.05, 0.1) is 11.0 Å². The van der Waals surface area contributed by atoms with Gasteiger partial charge in [0.2, 0.25) is 10.0 Å². The zero-order valence-corrected chi connectivity index (χ0v) is 16.0. The molecule has 0 aliphatic carbocycles. The van der Waals surface area contributed by atoms with E-state index in [4.69, 9.17) is 4.74 Å². The van der Waals surface area contributed by atoms with Crippen LogP contribution in [-0.4, -0.2) is 54.9 Å². The molecule has 26 heavy (non-hydrogen) atoms. The van der Waals surface area contributed by atoms with Gasteiger partial charge in [0, 0.05) is 45.1 Å². The van der Waals surface area contributed by atoms with Gasteiger partial charge in [-0.2, -0.15) is 4.31 Å². The van der Waals surface area contributed by atoms with Crippen molar-refractivity contribution in [3.8, 4) is 5.75 Å². The summed E-state index contributed by atoms with van der Waals surface area (Å²) >= 11 is 0. The quantitative estimate of drug-likeness (QED) is 0.776. The van der Waals surface area contributed by atoms with Gasteiger partial charge in [-0.3, -0.25) is 9.88 Å². The molecule has 3 rings (SSSR count). The first-order valence-corrected chi connectivity index (χ1v) is 10.3. The summed E-state index contributed by atoms with van der Waals surface area (Å²) in [5.74, 6) is 0.681. The van der Waals surface area contributed by atoms with Crippen LogP contribution in [0.1, 0.15) is 19.4 Å². The molecule has 0 unspecified atom stereocenters. The Balaban J connectivity index is 1.60. The Labute approximate surface area is 155 Å². The van der Waals surface area contributed by atoms with Gasteiger partial charge in [-0.25, -0.2) is 8.42 Å². The SMILES string of the molecule is CC(C)Oc1ccc(S(=O)(=O)N2CCN(Cc3cccnc3)CC2)cc1. The number of nitrogens with zero attached hydrogens (tertiary/aromatic N) is 3. The maximum atomic E-state index is 12.8. The van der Waals surface area contributed by atoms with Crippen LogP contribution in [0.3, 0.4) is 0 Å². The van der Waals surface area contributed by atoms with Gasteiger partial charge in [-0.15, -0.1) is 0 Å². The number of hydrogen-bond donors (Lipinski definition) is 0. The second kappa shape index (κ2) is 8.16. The third kappa shape index (κ3) is 4.60. The molecule has 1 aliphatic heterocycles. The van der Waals surface area contributed by atoms with Gasteiger partial charge < -0.3 is 4.74 Å². The normalized spacial score (nSPS) is 16.7. The second-order valence-corrected chi connectivity index (χ2v) is 8.62. The van der Waals surface area contributed by atoms with E-state index in [2.05, 4.69) is 9.88 Å². The Morgan fingerprint density at radius 2 is 1.77 bits per heavy atom. The number of rotatable bonds is 6. The van der Waals surface area contributed by atoms with Crippen molar-refractivity contribution < 1.29 is 13.2 Å². The maximum absolute atomic E-state index is 12.8. The molecule has 0 radical (unpaired) electrons. The summed E-state index contributed by atoms with van der Waals surface area (Å²) in [7, 11) is -3.46. The van der Waals surface area contributed by atoms with Crippen LogP contribution in [0.25, 0.3) is 0 Å². The third-order valence-corrected chi connectivity index (χ3v) is 6.21. The number of piperazine rings is 1. The summed E-state index contributed by atoms with van der Waals surface area (Å²) < 4.78 is 32.8. The van der Waals surface area contributed by atoms with Crippen molar-refractivity contribution in [2.45, 2.75) is 31.4 Å². The van der Waals surface area contributed by atoms with Crippen molar-refractivity contribution in [2.24, 2.45) is 0 Å². The summed E-state index contributed by atoms with van der Waals surface area (Å²) in [6, 6.07) is 10.6. The van der Waals surface area contributed by atoms with Gasteiger partial charge >= 0.3 is 0 Å². The Kier molecular flexibility index (Phi) is 5.90. The minimum Gasteiger partial charge on any atom is -0.491 e. The van der Waals surface area contributed by atoms with Gasteiger partial charge in [-0.05, 0) is 49.7 Å². The Hall–Kier alpha value is -1.96. The molecule has 1 fully saturated rings. The number of hydrogen-bond acceptors (Lipinski definition) is 5. The van der Waals surface area contributed by atoms with E-state index in [-0.39, 0.29) is 6.10 Å². The fourth-order valence-electron chi connectivity index (χ4n) is 2.99. The molecule has 2 aromatic rings. The molecule has 0 atom stereocenters. The fourth-order valence-corrected chi connectivity index (χ4v) is 4.41. The lowest BCUT2D eigenvalue weighted by Crippen LogP contribution is -2.48. The van der Waals surface area contributed by atoms with E-state index in [0.717, 1.165) is 12.1 Å². The number of aromatic nitrogens is 1. The molecule has 2 heterocycles. The molecule has 1 saturated heterocycles. The number of benzene rings is 1. The van der Waals surface area contributed by atoms with Crippen molar-refractivity contribution >= 4 is 10.0 Å². The number of ether oxygens (including phenoxy) is 1. The predicted octanol–water partition coefficient (Wildman–Crippen LogP) is 2.38. The van der Waals surface area contributed by atoms with Crippen LogP contribution in [-0.2, 0) is 16.6 Å². The Morgan fingerprint density at radius 1 is 1.08 bits per heavy atom. The molecule has 0 N–H and O–H groups in total. The van der Waals surface area contributed by atoms with Crippen molar-refractivity contribution in [3.63, 3.8) is 0 Å². The summed E-state index contributed by atoms with van der Waals surface area (Å²) in [5, 5.41) is 0. The average Bonchev–Trinajstić information content (AvgIpc) is 2.63. The van der Waals surface area contributed by atoms with Gasteiger partial charge in [0.15, 0.2) is 0 Å². The predicted molar refractivity (Wildman–Crippen MR) is 100 cm³/mol. The van der Waals surface area contributed by atoms with E-state index in [1.54, 1.807) is 34.8 Å². The highest BCUT2D eigenvalue weighted by molar-refractivity contribution is 7.89. The molecule has 0 saturated carbocycles. The summed E-state index contributed by atoms with van der Waals surface area (Å²) in [6.45, 7) is 7.08. The van der Waals surface area contributed by atoms with Gasteiger partial charge in [0.1, 0.15) is 5.75 Å². The molecule has 6 nitrogen and oxygen atoms in total. The van der Waals surface area contributed by atoms with Crippen molar-refractivity contribution in [1.82, 2.24) is 14.2 Å². The minimum absolute atomic E-state index is 0.0605. The lowest BCUT2D eigenvalue weighted by atomic mass is 10.2. The van der Waals surface area contributed by atoms with E-state index in [0.29, 0.717) is 36.8 Å². The van der Waals surface area contributed by atoms with Crippen LogP contribution in [0, 0.1) is 0 Å². The lowest BCUT2D eigenvalue weighted by Gasteiger charge is -2.33. The van der Waals surface area contributed by atoms with E-state index in [9.17, 15) is 8.42 Å². The van der Waals surface area contributed by atoms with E-state index < -0.39 is 10.0 Å². The summed E-state index contributed by atoms with van der Waals surface area (Å²) in [5.41, 5.74) is 1.14. The van der Waals surface area contributed by atoms with E-state index in [1.807, 2.05) is 32.2 Å². The van der Waals surface area contributed by atoms with Crippen molar-refractivity contribution in [3.05, 3.63) is 54.4 Å². The molecule has 0 spiro atoms. The molecule has 0 amide bonds. The van der Waals surface area contributed by atoms with Crippen LogP contribution < -0.4 is 4.74 Å². The first-order chi connectivity index (χ1) is 12.4. The van der Waals surface area contributed by atoms with Crippen LogP contribution in [0.4, 0.5) is 0 Å². The first kappa shape index (κ1) is 18.8. The zero-order chi connectivity index (χ0) is 18.6. The average molecular weight is 375 g/mol. The second-order valence-electron chi connectivity index (χ2n) is 6.68. The van der Waals surface area contributed by atoms with E-state index in [1.165, 1.54) is 0 Å². The molecule has 0 bridgehead atoms. The molecular weight excluding hydrogens is 350 g/mol. The van der Waals surface area contributed by atoms with Crippen LogP contribution in [0.15, 0.2) is 53.7 Å². The summed E-state index contributed by atoms with van der Waals surface area (Å²) in [4.78, 5) is 6.69. The first-order valence-electron chi connectivity index (χ1n) is 8.83. The van der Waals surface area contributed by atoms with Gasteiger partial charge in [0.25, 0.3) is 0 Å². The molecule has 1 aromatic heterocycles. The van der Waals surface area contributed by atoms with Crippen molar-refractivity contribution in [1.29, 1.82) is 0 Å². The molecule has 7 heteroatoms. The van der Waals surface area contributed by atoms with Gasteiger partial charge in [-0.1, -0.05) is 6.07 Å². The highest BCUT2D eigenvalue weighted by Crippen LogP contribution is 2.21. The molecule has 1 aliphatic rings. The monoisotopic (exact) mass is 375 g/mol. The van der Waals surface area contributed by atoms with Crippen molar-refractivity contribution in [2.75, 3.05) is 26.2 Å². The lowest BCUT2D eigenvalue weighted by molar-refractivity contribution is 0.181.